The van der Waals surface area contributed by atoms with E-state index in [-0.39, 0.29) is 24.4 Å². The third kappa shape index (κ3) is 5.04. The standard InChI is InChI=1S/C16H15BrClNO4S/c17-13-3-7-15(8-4-13)24(22,23)19(10-9-16(20)21)11-12-1-5-14(18)6-2-12/h1-8H,9-11H2,(H,20,21)/p-1. The molecule has 0 radical (unpaired) electrons. The van der Waals surface area contributed by atoms with Gasteiger partial charge in [0.1, 0.15) is 0 Å². The van der Waals surface area contributed by atoms with Crippen molar-refractivity contribution in [1.29, 1.82) is 0 Å². The zero-order chi connectivity index (χ0) is 17.7. The van der Waals surface area contributed by atoms with E-state index in [0.29, 0.717) is 10.6 Å². The molecule has 128 valence electrons. The number of carboxylic acid groups (broad SMARTS) is 1. The number of rotatable bonds is 7. The molecule has 0 aromatic heterocycles. The highest BCUT2D eigenvalue weighted by Crippen LogP contribution is 2.21. The lowest BCUT2D eigenvalue weighted by Gasteiger charge is -2.22. The lowest BCUT2D eigenvalue weighted by molar-refractivity contribution is -0.305. The first-order chi connectivity index (χ1) is 11.3. The van der Waals surface area contributed by atoms with Crippen molar-refractivity contribution in [3.8, 4) is 0 Å². The molecule has 2 aromatic rings. The van der Waals surface area contributed by atoms with E-state index in [1.807, 2.05) is 0 Å². The fourth-order valence-corrected chi connectivity index (χ4v) is 3.87. The summed E-state index contributed by atoms with van der Waals surface area (Å²) in [5.41, 5.74) is 0.707. The zero-order valence-electron chi connectivity index (χ0n) is 12.5. The summed E-state index contributed by atoms with van der Waals surface area (Å²) in [6, 6.07) is 12.9. The van der Waals surface area contributed by atoms with Gasteiger partial charge in [-0.1, -0.05) is 39.7 Å². The summed E-state index contributed by atoms with van der Waals surface area (Å²) in [4.78, 5) is 10.8. The van der Waals surface area contributed by atoms with Crippen molar-refractivity contribution in [1.82, 2.24) is 4.31 Å². The minimum Gasteiger partial charge on any atom is -0.550 e. The molecule has 0 aliphatic heterocycles. The van der Waals surface area contributed by atoms with Gasteiger partial charge in [0.25, 0.3) is 0 Å². The van der Waals surface area contributed by atoms with E-state index in [0.717, 1.165) is 8.78 Å². The first-order valence-corrected chi connectivity index (χ1v) is 9.60. The minimum absolute atomic E-state index is 0.0445. The highest BCUT2D eigenvalue weighted by molar-refractivity contribution is 9.10. The molecule has 0 N–H and O–H groups in total. The molecule has 0 fully saturated rings. The zero-order valence-corrected chi connectivity index (χ0v) is 15.6. The second kappa shape index (κ2) is 8.11. The normalized spacial score (nSPS) is 11.6. The van der Waals surface area contributed by atoms with E-state index in [1.165, 1.54) is 12.1 Å². The maximum Gasteiger partial charge on any atom is 0.243 e. The van der Waals surface area contributed by atoms with Crippen molar-refractivity contribution in [2.45, 2.75) is 17.9 Å². The number of carbonyl (C=O) groups is 1. The Morgan fingerprint density at radius 3 is 2.21 bits per heavy atom. The topological polar surface area (TPSA) is 77.5 Å². The van der Waals surface area contributed by atoms with Crippen LogP contribution in [0.1, 0.15) is 12.0 Å². The van der Waals surface area contributed by atoms with Crippen LogP contribution in [0.25, 0.3) is 0 Å². The first-order valence-electron chi connectivity index (χ1n) is 6.99. The largest absolute Gasteiger partial charge is 0.550 e. The quantitative estimate of drug-likeness (QED) is 0.674. The second-order valence-electron chi connectivity index (χ2n) is 5.04. The van der Waals surface area contributed by atoms with E-state index in [4.69, 9.17) is 11.6 Å². The van der Waals surface area contributed by atoms with Gasteiger partial charge >= 0.3 is 0 Å². The van der Waals surface area contributed by atoms with E-state index >= 15 is 0 Å². The third-order valence-electron chi connectivity index (χ3n) is 3.29. The average Bonchev–Trinajstić information content (AvgIpc) is 2.53. The molecular formula is C16H14BrClNO4S-. The molecule has 0 saturated carbocycles. The molecule has 0 aliphatic rings. The Balaban J connectivity index is 2.31. The maximum atomic E-state index is 12.8. The summed E-state index contributed by atoms with van der Waals surface area (Å²) in [6.45, 7) is -0.133. The molecule has 0 bridgehead atoms. The number of benzene rings is 2. The van der Waals surface area contributed by atoms with Gasteiger partial charge < -0.3 is 9.90 Å². The van der Waals surface area contributed by atoms with E-state index < -0.39 is 16.0 Å². The van der Waals surface area contributed by atoms with Crippen LogP contribution in [0.4, 0.5) is 0 Å². The highest BCUT2D eigenvalue weighted by Gasteiger charge is 2.24. The molecular weight excluding hydrogens is 418 g/mol. The Labute approximate surface area is 154 Å². The molecule has 0 atom stereocenters. The molecule has 0 saturated heterocycles. The van der Waals surface area contributed by atoms with Crippen LogP contribution in [0.15, 0.2) is 57.9 Å². The Kier molecular flexibility index (Phi) is 6.40. The Morgan fingerprint density at radius 2 is 1.67 bits per heavy atom. The third-order valence-corrected chi connectivity index (χ3v) is 5.93. The van der Waals surface area contributed by atoms with Crippen molar-refractivity contribution in [2.75, 3.05) is 6.54 Å². The average molecular weight is 432 g/mol. The van der Waals surface area contributed by atoms with Gasteiger partial charge in [0.15, 0.2) is 0 Å². The molecule has 5 nitrogen and oxygen atoms in total. The van der Waals surface area contributed by atoms with Crippen LogP contribution in [0, 0.1) is 0 Å². The van der Waals surface area contributed by atoms with Crippen molar-refractivity contribution >= 4 is 43.5 Å². The van der Waals surface area contributed by atoms with Gasteiger partial charge in [-0.05, 0) is 42.0 Å². The van der Waals surface area contributed by atoms with Gasteiger partial charge in [-0.15, -0.1) is 0 Å². The Morgan fingerprint density at radius 1 is 1.08 bits per heavy atom. The summed E-state index contributed by atoms with van der Waals surface area (Å²) in [6.07, 6.45) is -0.386. The number of sulfonamides is 1. The van der Waals surface area contributed by atoms with E-state index in [1.54, 1.807) is 36.4 Å². The first kappa shape index (κ1) is 18.9. The summed E-state index contributed by atoms with van der Waals surface area (Å²) < 4.78 is 27.5. The van der Waals surface area contributed by atoms with Crippen LogP contribution in [0.5, 0.6) is 0 Å². The van der Waals surface area contributed by atoms with Crippen molar-refractivity contribution < 1.29 is 18.3 Å². The van der Waals surface area contributed by atoms with Crippen molar-refractivity contribution in [3.63, 3.8) is 0 Å². The number of aliphatic carboxylic acids is 1. The second-order valence-corrected chi connectivity index (χ2v) is 8.33. The Hall–Kier alpha value is -1.41. The van der Waals surface area contributed by atoms with Gasteiger partial charge in [0, 0.05) is 35.0 Å². The molecule has 2 aromatic carbocycles. The number of nitrogens with zero attached hydrogens (tertiary/aromatic N) is 1. The van der Waals surface area contributed by atoms with E-state index in [9.17, 15) is 18.3 Å². The lowest BCUT2D eigenvalue weighted by Crippen LogP contribution is -2.35. The van der Waals surface area contributed by atoms with Gasteiger partial charge in [0.05, 0.1) is 4.90 Å². The smallest absolute Gasteiger partial charge is 0.243 e. The van der Waals surface area contributed by atoms with Crippen LogP contribution in [-0.2, 0) is 21.4 Å². The molecule has 0 unspecified atom stereocenters. The van der Waals surface area contributed by atoms with Gasteiger partial charge in [-0.2, -0.15) is 4.31 Å². The van der Waals surface area contributed by atoms with Crippen LogP contribution in [0.2, 0.25) is 5.02 Å². The van der Waals surface area contributed by atoms with Crippen molar-refractivity contribution in [2.24, 2.45) is 0 Å². The summed E-state index contributed by atoms with van der Waals surface area (Å²) in [5.74, 6) is -1.30. The molecule has 0 heterocycles. The molecule has 0 aliphatic carbocycles. The maximum absolute atomic E-state index is 12.8. The van der Waals surface area contributed by atoms with Crippen molar-refractivity contribution in [3.05, 3.63) is 63.6 Å². The summed E-state index contributed by atoms with van der Waals surface area (Å²) in [5, 5.41) is 11.3. The molecule has 0 amide bonds. The van der Waals surface area contributed by atoms with E-state index in [2.05, 4.69) is 15.9 Å². The number of carboxylic acids is 1. The molecule has 24 heavy (non-hydrogen) atoms. The van der Waals surface area contributed by atoms with Crippen LogP contribution < -0.4 is 5.11 Å². The number of halogens is 2. The number of hydrogen-bond acceptors (Lipinski definition) is 4. The van der Waals surface area contributed by atoms with Gasteiger partial charge in [0.2, 0.25) is 10.0 Å². The minimum atomic E-state index is -3.83. The number of hydrogen-bond donors (Lipinski definition) is 0. The van der Waals surface area contributed by atoms with Gasteiger partial charge in [-0.3, -0.25) is 0 Å². The summed E-state index contributed by atoms with van der Waals surface area (Å²) in [7, 11) is -3.83. The molecule has 0 spiro atoms. The molecule has 8 heteroatoms. The number of carbonyl (C=O) groups excluding carboxylic acids is 1. The monoisotopic (exact) mass is 430 g/mol. The van der Waals surface area contributed by atoms with Crippen LogP contribution in [0.3, 0.4) is 0 Å². The summed E-state index contributed by atoms with van der Waals surface area (Å²) >= 11 is 9.08. The Bertz CT molecular complexity index is 807. The van der Waals surface area contributed by atoms with Gasteiger partial charge in [-0.25, -0.2) is 8.42 Å². The fraction of sp³-hybridized carbons (Fsp3) is 0.188. The predicted octanol–water partition coefficient (Wildman–Crippen LogP) is 2.43. The van der Waals surface area contributed by atoms with Crippen LogP contribution >= 0.6 is 27.5 Å². The predicted molar refractivity (Wildman–Crippen MR) is 92.8 cm³/mol. The fourth-order valence-electron chi connectivity index (χ4n) is 2.05. The van der Waals surface area contributed by atoms with Crippen LogP contribution in [-0.4, -0.2) is 25.2 Å². The highest BCUT2D eigenvalue weighted by atomic mass is 79.9. The SMILES string of the molecule is O=C([O-])CCN(Cc1ccc(Cl)cc1)S(=O)(=O)c1ccc(Br)cc1. The molecule has 2 rings (SSSR count). The lowest BCUT2D eigenvalue weighted by atomic mass is 10.2.